The molecule has 1 N–H and O–H groups in total. The fraction of sp³-hybridized carbons (Fsp3) is 0.400. The molecule has 9 nitrogen and oxygen atoms in total. The topological polar surface area (TPSA) is 117 Å². The second-order valence-corrected chi connectivity index (χ2v) is 7.21. The quantitative estimate of drug-likeness (QED) is 0.726. The predicted molar refractivity (Wildman–Crippen MR) is 102 cm³/mol. The number of benzene rings is 1. The zero-order chi connectivity index (χ0) is 22.1. The summed E-state index contributed by atoms with van der Waals surface area (Å²) in [6.45, 7) is 2.92. The van der Waals surface area contributed by atoms with Crippen molar-refractivity contribution in [3.63, 3.8) is 0 Å². The monoisotopic (exact) mass is 420 g/mol. The number of aromatic nitrogens is 2. The van der Waals surface area contributed by atoms with Crippen LogP contribution in [0.15, 0.2) is 52.2 Å². The lowest BCUT2D eigenvalue weighted by atomic mass is 9.84. The summed E-state index contributed by atoms with van der Waals surface area (Å²) in [6.07, 6.45) is -1.89. The van der Waals surface area contributed by atoms with Crippen LogP contribution in [0, 0.1) is 0 Å². The summed E-state index contributed by atoms with van der Waals surface area (Å²) in [4.78, 5) is 50.6. The fourth-order valence-corrected chi connectivity index (χ4v) is 3.40. The van der Waals surface area contributed by atoms with Crippen LogP contribution in [0.4, 0.5) is 4.39 Å². The average molecular weight is 420 g/mol. The SMILES string of the molecule is CC(=O)OC1(C)[C@@H](COC(=O)c2ccccc2)OC(n2c(=O)cc[nH]c2=O)[C@]1(C)F. The number of halogens is 1. The van der Waals surface area contributed by atoms with Crippen LogP contribution >= 0.6 is 0 Å². The largest absolute Gasteiger partial charge is 0.459 e. The van der Waals surface area contributed by atoms with Gasteiger partial charge in [-0.25, -0.2) is 18.5 Å². The molecule has 160 valence electrons. The molecule has 1 fully saturated rings. The Bertz CT molecular complexity index is 1030. The van der Waals surface area contributed by atoms with Gasteiger partial charge in [-0.15, -0.1) is 0 Å². The normalized spacial score (nSPS) is 28.1. The van der Waals surface area contributed by atoms with E-state index in [4.69, 9.17) is 14.2 Å². The average Bonchev–Trinajstić information content (AvgIpc) is 2.86. The lowest BCUT2D eigenvalue weighted by molar-refractivity contribution is -0.175. The van der Waals surface area contributed by atoms with Gasteiger partial charge in [-0.05, 0) is 26.0 Å². The highest BCUT2D eigenvalue weighted by molar-refractivity contribution is 5.89. The van der Waals surface area contributed by atoms with E-state index in [0.717, 1.165) is 26.1 Å². The summed E-state index contributed by atoms with van der Waals surface area (Å²) in [5.74, 6) is -1.50. The van der Waals surface area contributed by atoms with E-state index in [1.54, 1.807) is 18.2 Å². The molecule has 1 saturated heterocycles. The van der Waals surface area contributed by atoms with E-state index in [1.165, 1.54) is 19.1 Å². The van der Waals surface area contributed by atoms with Gasteiger partial charge in [-0.1, -0.05) is 18.2 Å². The maximum absolute atomic E-state index is 16.0. The van der Waals surface area contributed by atoms with E-state index in [9.17, 15) is 19.2 Å². The molecular weight excluding hydrogens is 399 g/mol. The number of esters is 2. The van der Waals surface area contributed by atoms with Gasteiger partial charge in [-0.3, -0.25) is 9.59 Å². The molecule has 3 rings (SSSR count). The molecule has 30 heavy (non-hydrogen) atoms. The summed E-state index contributed by atoms with van der Waals surface area (Å²) in [6, 6.07) is 9.13. The van der Waals surface area contributed by atoms with Gasteiger partial charge in [0.2, 0.25) is 0 Å². The molecule has 2 unspecified atom stereocenters. The Kier molecular flexibility index (Phi) is 5.62. The molecule has 2 aromatic rings. The zero-order valence-corrected chi connectivity index (χ0v) is 16.6. The van der Waals surface area contributed by atoms with Crippen molar-refractivity contribution in [2.24, 2.45) is 0 Å². The smallest absolute Gasteiger partial charge is 0.338 e. The van der Waals surface area contributed by atoms with Crippen LogP contribution in [-0.2, 0) is 19.0 Å². The van der Waals surface area contributed by atoms with E-state index in [2.05, 4.69) is 4.98 Å². The first kappa shape index (κ1) is 21.4. The Labute approximate surface area is 170 Å². The number of aromatic amines is 1. The second kappa shape index (κ2) is 7.86. The molecule has 0 bridgehead atoms. The lowest BCUT2D eigenvalue weighted by Crippen LogP contribution is -2.56. The van der Waals surface area contributed by atoms with Gasteiger partial charge < -0.3 is 19.2 Å². The van der Waals surface area contributed by atoms with Crippen LogP contribution in [-0.4, -0.2) is 45.5 Å². The first-order valence-electron chi connectivity index (χ1n) is 9.14. The summed E-state index contributed by atoms with van der Waals surface area (Å²) in [7, 11) is 0. The number of nitrogens with zero attached hydrogens (tertiary/aromatic N) is 1. The van der Waals surface area contributed by atoms with Crippen molar-refractivity contribution in [3.8, 4) is 0 Å². The maximum atomic E-state index is 16.0. The molecule has 1 aliphatic heterocycles. The number of nitrogens with one attached hydrogen (secondary N) is 1. The Morgan fingerprint density at radius 3 is 2.47 bits per heavy atom. The van der Waals surface area contributed by atoms with Gasteiger partial charge in [0.1, 0.15) is 12.7 Å². The molecular formula is C20H21FN2O7. The van der Waals surface area contributed by atoms with Crippen molar-refractivity contribution in [2.75, 3.05) is 6.61 Å². The molecule has 1 aliphatic rings. The zero-order valence-electron chi connectivity index (χ0n) is 16.6. The third kappa shape index (κ3) is 3.65. The van der Waals surface area contributed by atoms with E-state index < -0.39 is 53.4 Å². The first-order valence-corrected chi connectivity index (χ1v) is 9.14. The molecule has 0 saturated carbocycles. The Hall–Kier alpha value is -3.27. The minimum atomic E-state index is -2.51. The van der Waals surface area contributed by atoms with Gasteiger partial charge >= 0.3 is 17.6 Å². The molecule has 4 atom stereocenters. The third-order valence-electron chi connectivity index (χ3n) is 5.20. The van der Waals surface area contributed by atoms with Crippen LogP contribution in [0.25, 0.3) is 0 Å². The van der Waals surface area contributed by atoms with Crippen molar-refractivity contribution in [2.45, 2.75) is 44.4 Å². The third-order valence-corrected chi connectivity index (χ3v) is 5.20. The molecule has 0 spiro atoms. The Balaban J connectivity index is 1.95. The number of ether oxygens (including phenoxy) is 3. The van der Waals surface area contributed by atoms with Crippen LogP contribution in [0.1, 0.15) is 37.4 Å². The summed E-state index contributed by atoms with van der Waals surface area (Å²) >= 11 is 0. The van der Waals surface area contributed by atoms with Crippen molar-refractivity contribution in [3.05, 3.63) is 69.0 Å². The molecule has 1 aromatic heterocycles. The van der Waals surface area contributed by atoms with Gasteiger partial charge in [-0.2, -0.15) is 0 Å². The molecule has 1 aromatic carbocycles. The molecule has 0 amide bonds. The van der Waals surface area contributed by atoms with Gasteiger partial charge in [0.15, 0.2) is 17.5 Å². The van der Waals surface area contributed by atoms with Crippen LogP contribution in [0.5, 0.6) is 0 Å². The number of carbonyl (C=O) groups excluding carboxylic acids is 2. The van der Waals surface area contributed by atoms with E-state index in [-0.39, 0.29) is 5.56 Å². The second-order valence-electron chi connectivity index (χ2n) is 7.21. The highest BCUT2D eigenvalue weighted by atomic mass is 19.1. The fourth-order valence-electron chi connectivity index (χ4n) is 3.40. The highest BCUT2D eigenvalue weighted by Crippen LogP contribution is 2.49. The van der Waals surface area contributed by atoms with E-state index in [0.29, 0.717) is 4.57 Å². The van der Waals surface area contributed by atoms with E-state index >= 15 is 4.39 Å². The maximum Gasteiger partial charge on any atom is 0.338 e. The van der Waals surface area contributed by atoms with Gasteiger partial charge in [0, 0.05) is 19.2 Å². The predicted octanol–water partition coefficient (Wildman–Crippen LogP) is 1.34. The van der Waals surface area contributed by atoms with Crippen LogP contribution < -0.4 is 11.2 Å². The number of carbonyl (C=O) groups is 2. The van der Waals surface area contributed by atoms with Crippen LogP contribution in [0.3, 0.4) is 0 Å². The van der Waals surface area contributed by atoms with Gasteiger partial charge in [0.05, 0.1) is 5.56 Å². The van der Waals surface area contributed by atoms with E-state index in [1.807, 2.05) is 0 Å². The minimum absolute atomic E-state index is 0.264. The highest BCUT2D eigenvalue weighted by Gasteiger charge is 2.67. The standard InChI is InChI=1S/C20H21FN2O7/c1-12(24)30-20(3)14(11-28-16(26)13-7-5-4-6-8-13)29-17(19(20,2)21)23-15(25)9-10-22-18(23)27/h4-10,14,17H,11H2,1-3H3,(H,22,27)/t14-,17?,19+,20?/m1/s1. The first-order chi connectivity index (χ1) is 14.1. The summed E-state index contributed by atoms with van der Waals surface area (Å²) < 4.78 is 32.6. The number of rotatable bonds is 5. The summed E-state index contributed by atoms with van der Waals surface area (Å²) in [5.41, 5.74) is -5.91. The molecule has 2 heterocycles. The number of hydrogen-bond donors (Lipinski definition) is 1. The number of hydrogen-bond acceptors (Lipinski definition) is 7. The minimum Gasteiger partial charge on any atom is -0.459 e. The van der Waals surface area contributed by atoms with Crippen LogP contribution in [0.2, 0.25) is 0 Å². The van der Waals surface area contributed by atoms with Gasteiger partial charge in [0.25, 0.3) is 5.56 Å². The molecule has 0 aliphatic carbocycles. The summed E-state index contributed by atoms with van der Waals surface area (Å²) in [5, 5.41) is 0. The lowest BCUT2D eigenvalue weighted by Gasteiger charge is -2.36. The Morgan fingerprint density at radius 1 is 1.20 bits per heavy atom. The molecule has 10 heteroatoms. The van der Waals surface area contributed by atoms with Crippen molar-refractivity contribution in [1.29, 1.82) is 0 Å². The van der Waals surface area contributed by atoms with Crippen molar-refractivity contribution in [1.82, 2.24) is 9.55 Å². The Morgan fingerprint density at radius 2 is 1.87 bits per heavy atom. The number of alkyl halides is 1. The number of H-pyrrole nitrogens is 1. The van der Waals surface area contributed by atoms with Crippen molar-refractivity contribution >= 4 is 11.9 Å². The molecule has 0 radical (unpaired) electrons. The van der Waals surface area contributed by atoms with Crippen molar-refractivity contribution < 1.29 is 28.2 Å².